The van der Waals surface area contributed by atoms with Crippen molar-refractivity contribution in [2.45, 2.75) is 12.8 Å². The summed E-state index contributed by atoms with van der Waals surface area (Å²) < 4.78 is 0. The highest BCUT2D eigenvalue weighted by Gasteiger charge is 2.48. The van der Waals surface area contributed by atoms with Crippen molar-refractivity contribution in [1.82, 2.24) is 0 Å². The van der Waals surface area contributed by atoms with E-state index in [2.05, 4.69) is 0 Å². The fraction of sp³-hybridized carbons (Fsp3) is 0.267. The summed E-state index contributed by atoms with van der Waals surface area (Å²) in [6.07, 6.45) is 2.55. The number of halogens is 1. The summed E-state index contributed by atoms with van der Waals surface area (Å²) in [6.45, 7) is 0. The van der Waals surface area contributed by atoms with Gasteiger partial charge in [0.25, 0.3) is 0 Å². The second-order valence-corrected chi connectivity index (χ2v) is 5.64. The lowest BCUT2D eigenvalue weighted by atomic mass is 9.85. The van der Waals surface area contributed by atoms with Crippen molar-refractivity contribution < 1.29 is 19.5 Å². The molecule has 21 heavy (non-hydrogen) atoms. The number of carboxylic acid groups (broad SMARTS) is 1. The standard InChI is InChI=1S/C15H12ClNO4/c16-9-4-5-11-12(7-9)14(19)17(13(11)18)10-3-1-2-8(6-10)15(20)21/h1-4,6,11-12H,5,7H2,(H,20,21)/p-1/t11-,12+/m0/s1. The fourth-order valence-electron chi connectivity index (χ4n) is 2.85. The number of carboxylic acids is 1. The van der Waals surface area contributed by atoms with Gasteiger partial charge >= 0.3 is 0 Å². The molecule has 1 heterocycles. The molecule has 1 aromatic carbocycles. The molecule has 108 valence electrons. The van der Waals surface area contributed by atoms with Gasteiger partial charge in [0, 0.05) is 5.03 Å². The van der Waals surface area contributed by atoms with Crippen molar-refractivity contribution in [3.8, 4) is 0 Å². The lowest BCUT2D eigenvalue weighted by Crippen LogP contribution is -2.31. The van der Waals surface area contributed by atoms with Crippen LogP contribution in [-0.2, 0) is 9.59 Å². The van der Waals surface area contributed by atoms with E-state index in [1.807, 2.05) is 0 Å². The number of fused-ring (bicyclic) bond motifs is 1. The van der Waals surface area contributed by atoms with Crippen LogP contribution in [0.15, 0.2) is 35.4 Å². The van der Waals surface area contributed by atoms with Gasteiger partial charge in [-0.15, -0.1) is 0 Å². The van der Waals surface area contributed by atoms with E-state index in [4.69, 9.17) is 11.6 Å². The summed E-state index contributed by atoms with van der Waals surface area (Å²) >= 11 is 5.95. The number of amides is 2. The molecule has 5 nitrogen and oxygen atoms in total. The zero-order valence-corrected chi connectivity index (χ0v) is 11.7. The van der Waals surface area contributed by atoms with Crippen LogP contribution >= 0.6 is 11.6 Å². The molecule has 2 atom stereocenters. The third-order valence-corrected chi connectivity index (χ3v) is 4.22. The third-order valence-electron chi connectivity index (χ3n) is 3.91. The summed E-state index contributed by atoms with van der Waals surface area (Å²) in [5.41, 5.74) is 0.191. The zero-order valence-electron chi connectivity index (χ0n) is 10.9. The molecule has 2 amide bonds. The molecule has 1 aliphatic carbocycles. The maximum Gasteiger partial charge on any atom is 0.238 e. The first kappa shape index (κ1) is 13.8. The van der Waals surface area contributed by atoms with Crippen LogP contribution in [0.5, 0.6) is 0 Å². The maximum atomic E-state index is 12.4. The topological polar surface area (TPSA) is 77.5 Å². The van der Waals surface area contributed by atoms with Crippen LogP contribution in [0.4, 0.5) is 5.69 Å². The second kappa shape index (κ2) is 5.00. The van der Waals surface area contributed by atoms with Gasteiger partial charge in [-0.1, -0.05) is 29.8 Å². The smallest absolute Gasteiger partial charge is 0.238 e. The number of carbonyl (C=O) groups is 3. The monoisotopic (exact) mass is 304 g/mol. The Hall–Kier alpha value is -2.14. The van der Waals surface area contributed by atoms with Crippen LogP contribution in [0, 0.1) is 11.8 Å². The molecule has 0 N–H and O–H groups in total. The Bertz CT molecular complexity index is 682. The molecule has 0 radical (unpaired) electrons. The Kier molecular flexibility index (Phi) is 3.29. The van der Waals surface area contributed by atoms with Gasteiger partial charge in [0.1, 0.15) is 0 Å². The van der Waals surface area contributed by atoms with Gasteiger partial charge in [-0.25, -0.2) is 0 Å². The van der Waals surface area contributed by atoms with Gasteiger partial charge in [-0.2, -0.15) is 0 Å². The number of imide groups is 1. The van der Waals surface area contributed by atoms with Gasteiger partial charge in [0.2, 0.25) is 11.8 Å². The van der Waals surface area contributed by atoms with Crippen LogP contribution in [-0.4, -0.2) is 17.8 Å². The quantitative estimate of drug-likeness (QED) is 0.766. The summed E-state index contributed by atoms with van der Waals surface area (Å²) in [6, 6.07) is 5.65. The van der Waals surface area contributed by atoms with Gasteiger partial charge in [-0.3, -0.25) is 14.5 Å². The van der Waals surface area contributed by atoms with E-state index < -0.39 is 17.8 Å². The lowest BCUT2D eigenvalue weighted by Gasteiger charge is -2.17. The number of anilines is 1. The summed E-state index contributed by atoms with van der Waals surface area (Å²) in [4.78, 5) is 36.8. The van der Waals surface area contributed by atoms with Crippen LogP contribution < -0.4 is 10.0 Å². The molecule has 0 saturated carbocycles. The van der Waals surface area contributed by atoms with Gasteiger partial charge < -0.3 is 9.90 Å². The molecule has 1 aliphatic heterocycles. The van der Waals surface area contributed by atoms with Crippen molar-refractivity contribution in [3.63, 3.8) is 0 Å². The molecule has 3 rings (SSSR count). The van der Waals surface area contributed by atoms with Crippen molar-refractivity contribution in [3.05, 3.63) is 40.9 Å². The van der Waals surface area contributed by atoms with Gasteiger partial charge in [0.15, 0.2) is 0 Å². The molecular formula is C15H11ClNO4-. The first-order valence-electron chi connectivity index (χ1n) is 6.53. The van der Waals surface area contributed by atoms with Gasteiger partial charge in [-0.05, 0) is 30.5 Å². The molecule has 0 bridgehead atoms. The van der Waals surface area contributed by atoms with E-state index in [1.165, 1.54) is 24.3 Å². The molecule has 1 fully saturated rings. The summed E-state index contributed by atoms with van der Waals surface area (Å²) in [5, 5.41) is 11.5. The van der Waals surface area contributed by atoms with Crippen LogP contribution in [0.1, 0.15) is 23.2 Å². The normalized spacial score (nSPS) is 24.8. The minimum atomic E-state index is -1.35. The first-order chi connectivity index (χ1) is 9.99. The largest absolute Gasteiger partial charge is 0.545 e. The molecule has 6 heteroatoms. The van der Waals surface area contributed by atoms with Crippen molar-refractivity contribution in [2.24, 2.45) is 11.8 Å². The van der Waals surface area contributed by atoms with Crippen molar-refractivity contribution >= 4 is 35.1 Å². The van der Waals surface area contributed by atoms with Crippen molar-refractivity contribution in [2.75, 3.05) is 4.90 Å². The van der Waals surface area contributed by atoms with Crippen LogP contribution in [0.3, 0.4) is 0 Å². The first-order valence-corrected chi connectivity index (χ1v) is 6.90. The number of benzene rings is 1. The molecule has 0 unspecified atom stereocenters. The average Bonchev–Trinajstić information content (AvgIpc) is 2.70. The minimum Gasteiger partial charge on any atom is -0.545 e. The molecule has 0 spiro atoms. The maximum absolute atomic E-state index is 12.4. The highest BCUT2D eigenvalue weighted by Crippen LogP contribution is 2.40. The van der Waals surface area contributed by atoms with Gasteiger partial charge in [0.05, 0.1) is 23.5 Å². The zero-order chi connectivity index (χ0) is 15.1. The van der Waals surface area contributed by atoms with Crippen molar-refractivity contribution in [1.29, 1.82) is 0 Å². The number of rotatable bonds is 2. The Morgan fingerprint density at radius 2 is 1.95 bits per heavy atom. The fourth-order valence-corrected chi connectivity index (χ4v) is 3.11. The van der Waals surface area contributed by atoms with Crippen LogP contribution in [0.2, 0.25) is 0 Å². The highest BCUT2D eigenvalue weighted by atomic mass is 35.5. The van der Waals surface area contributed by atoms with E-state index in [0.29, 0.717) is 17.9 Å². The Labute approximate surface area is 125 Å². The summed E-state index contributed by atoms with van der Waals surface area (Å²) in [5.74, 6) is -2.85. The number of nitrogens with zero attached hydrogens (tertiary/aromatic N) is 1. The number of hydrogen-bond acceptors (Lipinski definition) is 4. The lowest BCUT2D eigenvalue weighted by molar-refractivity contribution is -0.255. The predicted octanol–water partition coefficient (Wildman–Crippen LogP) is 1.07. The molecule has 1 aromatic rings. The Morgan fingerprint density at radius 1 is 1.24 bits per heavy atom. The van der Waals surface area contributed by atoms with E-state index in [0.717, 1.165) is 4.90 Å². The predicted molar refractivity (Wildman–Crippen MR) is 73.4 cm³/mol. The Balaban J connectivity index is 1.97. The number of hydrogen-bond donors (Lipinski definition) is 0. The number of carbonyl (C=O) groups excluding carboxylic acids is 3. The summed E-state index contributed by atoms with van der Waals surface area (Å²) in [7, 11) is 0. The SMILES string of the molecule is O=C([O-])c1cccc(N2C(=O)[C@H]3CC=C(Cl)C[C@H]3C2=O)c1. The second-order valence-electron chi connectivity index (χ2n) is 5.15. The number of aromatic carboxylic acids is 1. The molecule has 0 aromatic heterocycles. The minimum absolute atomic E-state index is 0.0703. The third kappa shape index (κ3) is 2.23. The molecule has 1 saturated heterocycles. The Morgan fingerprint density at radius 3 is 2.67 bits per heavy atom. The van der Waals surface area contributed by atoms with E-state index >= 15 is 0 Å². The average molecular weight is 305 g/mol. The van der Waals surface area contributed by atoms with E-state index in [9.17, 15) is 19.5 Å². The van der Waals surface area contributed by atoms with Crippen LogP contribution in [0.25, 0.3) is 0 Å². The number of allylic oxidation sites excluding steroid dienone is 2. The molecular weight excluding hydrogens is 294 g/mol. The van der Waals surface area contributed by atoms with E-state index in [1.54, 1.807) is 6.08 Å². The highest BCUT2D eigenvalue weighted by molar-refractivity contribution is 6.30. The van der Waals surface area contributed by atoms with E-state index in [-0.39, 0.29) is 23.1 Å². The molecule has 2 aliphatic rings.